The summed E-state index contributed by atoms with van der Waals surface area (Å²) in [4.78, 5) is 0.613. The summed E-state index contributed by atoms with van der Waals surface area (Å²) in [6.45, 7) is 5.98. The van der Waals surface area contributed by atoms with E-state index in [9.17, 15) is 0 Å². The van der Waals surface area contributed by atoms with Crippen LogP contribution >= 0.6 is 12.2 Å². The van der Waals surface area contributed by atoms with Crippen LogP contribution in [0.25, 0.3) is 0 Å². The van der Waals surface area contributed by atoms with Gasteiger partial charge >= 0.3 is 0 Å². The molecule has 2 nitrogen and oxygen atoms in total. The van der Waals surface area contributed by atoms with E-state index in [-0.39, 0.29) is 5.41 Å². The molecule has 0 saturated heterocycles. The van der Waals surface area contributed by atoms with Gasteiger partial charge in [-0.05, 0) is 25.2 Å². The van der Waals surface area contributed by atoms with Gasteiger partial charge in [-0.1, -0.05) is 45.3 Å². The molecule has 0 radical (unpaired) electrons. The molecule has 1 aliphatic carbocycles. The van der Waals surface area contributed by atoms with Crippen molar-refractivity contribution in [3.8, 4) is 0 Å². The number of hydrogen-bond donors (Lipinski definition) is 1. The van der Waals surface area contributed by atoms with E-state index in [0.717, 1.165) is 32.0 Å². The summed E-state index contributed by atoms with van der Waals surface area (Å²) in [7, 11) is 0. The highest BCUT2D eigenvalue weighted by atomic mass is 32.1. The fourth-order valence-electron chi connectivity index (χ4n) is 1.87. The molecule has 1 aliphatic rings. The molecule has 3 heteroatoms. The molecular formula is C13H25NOS. The quantitative estimate of drug-likeness (QED) is 0.525. The molecule has 0 heterocycles. The molecule has 16 heavy (non-hydrogen) atoms. The van der Waals surface area contributed by atoms with Gasteiger partial charge in [-0.2, -0.15) is 0 Å². The lowest BCUT2D eigenvalue weighted by molar-refractivity contribution is 0.100. The summed E-state index contributed by atoms with van der Waals surface area (Å²) in [5.41, 5.74) is 5.65. The maximum Gasteiger partial charge on any atom is 0.0784 e. The standard InChI is InChI=1S/C13H25NOS/c1-13(2,12(14)16)8-4-9-15-10-7-11-5-3-6-11/h11H,3-10H2,1-2H3,(H2,14,16). The lowest BCUT2D eigenvalue weighted by atomic mass is 9.83. The minimum Gasteiger partial charge on any atom is -0.393 e. The molecule has 0 amide bonds. The zero-order valence-corrected chi connectivity index (χ0v) is 11.4. The highest BCUT2D eigenvalue weighted by Gasteiger charge is 2.20. The van der Waals surface area contributed by atoms with Crippen LogP contribution in [-0.2, 0) is 4.74 Å². The molecule has 0 aliphatic heterocycles. The predicted octanol–water partition coefficient (Wildman–Crippen LogP) is 3.29. The maximum atomic E-state index is 5.67. The van der Waals surface area contributed by atoms with Gasteiger partial charge in [0.1, 0.15) is 0 Å². The average molecular weight is 243 g/mol. The second-order valence-corrected chi connectivity index (χ2v) is 5.99. The minimum absolute atomic E-state index is 0.0212. The van der Waals surface area contributed by atoms with Crippen LogP contribution in [0.2, 0.25) is 0 Å². The van der Waals surface area contributed by atoms with Crippen LogP contribution in [0.3, 0.4) is 0 Å². The first kappa shape index (κ1) is 13.9. The van der Waals surface area contributed by atoms with Crippen molar-refractivity contribution < 1.29 is 4.74 Å². The molecular weight excluding hydrogens is 218 g/mol. The minimum atomic E-state index is -0.0212. The van der Waals surface area contributed by atoms with Crippen LogP contribution in [0, 0.1) is 11.3 Å². The molecule has 0 atom stereocenters. The van der Waals surface area contributed by atoms with E-state index in [4.69, 9.17) is 22.7 Å². The van der Waals surface area contributed by atoms with E-state index in [1.54, 1.807) is 0 Å². The van der Waals surface area contributed by atoms with E-state index >= 15 is 0 Å². The second-order valence-electron chi connectivity index (χ2n) is 5.55. The Morgan fingerprint density at radius 2 is 2.06 bits per heavy atom. The van der Waals surface area contributed by atoms with Crippen molar-refractivity contribution in [3.05, 3.63) is 0 Å². The van der Waals surface area contributed by atoms with Crippen LogP contribution in [0.15, 0.2) is 0 Å². The van der Waals surface area contributed by atoms with Gasteiger partial charge in [0.05, 0.1) is 4.99 Å². The Morgan fingerprint density at radius 3 is 2.56 bits per heavy atom. The molecule has 2 N–H and O–H groups in total. The Labute approximate surface area is 105 Å². The van der Waals surface area contributed by atoms with Crippen LogP contribution < -0.4 is 5.73 Å². The molecule has 0 unspecified atom stereocenters. The zero-order valence-electron chi connectivity index (χ0n) is 10.6. The van der Waals surface area contributed by atoms with E-state index in [1.807, 2.05) is 0 Å². The third-order valence-electron chi connectivity index (χ3n) is 3.65. The number of thiocarbonyl (C=S) groups is 1. The molecule has 94 valence electrons. The highest BCUT2D eigenvalue weighted by molar-refractivity contribution is 7.80. The normalized spacial score (nSPS) is 17.1. The Morgan fingerprint density at radius 1 is 1.38 bits per heavy atom. The molecule has 1 saturated carbocycles. The molecule has 1 rings (SSSR count). The van der Waals surface area contributed by atoms with E-state index in [0.29, 0.717) is 4.99 Å². The van der Waals surface area contributed by atoms with Gasteiger partial charge in [0.15, 0.2) is 0 Å². The van der Waals surface area contributed by atoms with Gasteiger partial charge in [0.2, 0.25) is 0 Å². The largest absolute Gasteiger partial charge is 0.393 e. The topological polar surface area (TPSA) is 35.2 Å². The molecule has 1 fully saturated rings. The van der Waals surface area contributed by atoms with Crippen LogP contribution in [0.5, 0.6) is 0 Å². The number of rotatable bonds is 8. The van der Waals surface area contributed by atoms with E-state index < -0.39 is 0 Å². The van der Waals surface area contributed by atoms with E-state index in [1.165, 1.54) is 25.7 Å². The van der Waals surface area contributed by atoms with Crippen molar-refractivity contribution >= 4 is 17.2 Å². The summed E-state index contributed by atoms with van der Waals surface area (Å²) >= 11 is 5.03. The van der Waals surface area contributed by atoms with Crippen molar-refractivity contribution in [1.29, 1.82) is 0 Å². The predicted molar refractivity (Wildman–Crippen MR) is 72.6 cm³/mol. The van der Waals surface area contributed by atoms with Crippen molar-refractivity contribution in [2.45, 2.75) is 52.4 Å². The Bertz CT molecular complexity index is 224. The third-order valence-corrected chi connectivity index (χ3v) is 4.21. The van der Waals surface area contributed by atoms with Gasteiger partial charge in [0, 0.05) is 18.6 Å². The summed E-state index contributed by atoms with van der Waals surface area (Å²) < 4.78 is 5.63. The van der Waals surface area contributed by atoms with Gasteiger partial charge in [-0.15, -0.1) is 0 Å². The van der Waals surface area contributed by atoms with Gasteiger partial charge in [-0.3, -0.25) is 0 Å². The summed E-state index contributed by atoms with van der Waals surface area (Å²) in [5.74, 6) is 0.952. The van der Waals surface area contributed by atoms with E-state index in [2.05, 4.69) is 13.8 Å². The monoisotopic (exact) mass is 243 g/mol. The first-order valence-corrected chi connectivity index (χ1v) is 6.81. The third kappa shape index (κ3) is 4.79. The molecule has 0 aromatic carbocycles. The van der Waals surface area contributed by atoms with Crippen LogP contribution in [0.4, 0.5) is 0 Å². The first-order chi connectivity index (χ1) is 7.52. The average Bonchev–Trinajstić information content (AvgIpc) is 2.13. The van der Waals surface area contributed by atoms with Gasteiger partial charge in [-0.25, -0.2) is 0 Å². The fraction of sp³-hybridized carbons (Fsp3) is 0.923. The van der Waals surface area contributed by atoms with Crippen LogP contribution in [0.1, 0.15) is 52.4 Å². The molecule has 0 bridgehead atoms. The Hall–Kier alpha value is -0.150. The van der Waals surface area contributed by atoms with Crippen molar-refractivity contribution in [1.82, 2.24) is 0 Å². The number of hydrogen-bond acceptors (Lipinski definition) is 2. The van der Waals surface area contributed by atoms with Crippen LogP contribution in [-0.4, -0.2) is 18.2 Å². The first-order valence-electron chi connectivity index (χ1n) is 6.40. The smallest absolute Gasteiger partial charge is 0.0784 e. The van der Waals surface area contributed by atoms with Gasteiger partial charge in [0.25, 0.3) is 0 Å². The maximum absolute atomic E-state index is 5.67. The van der Waals surface area contributed by atoms with Gasteiger partial charge < -0.3 is 10.5 Å². The lowest BCUT2D eigenvalue weighted by Gasteiger charge is -2.25. The van der Waals surface area contributed by atoms with Crippen molar-refractivity contribution in [3.63, 3.8) is 0 Å². The highest BCUT2D eigenvalue weighted by Crippen LogP contribution is 2.29. The van der Waals surface area contributed by atoms with Crippen molar-refractivity contribution in [2.75, 3.05) is 13.2 Å². The van der Waals surface area contributed by atoms with Crippen molar-refractivity contribution in [2.24, 2.45) is 17.1 Å². The fourth-order valence-corrected chi connectivity index (χ4v) is 1.97. The SMILES string of the molecule is CC(C)(CCCOCCC1CCC1)C(N)=S. The second kappa shape index (κ2) is 6.55. The molecule has 0 aromatic heterocycles. The Kier molecular flexibility index (Phi) is 5.70. The lowest BCUT2D eigenvalue weighted by Crippen LogP contribution is -2.29. The summed E-state index contributed by atoms with van der Waals surface area (Å²) in [5, 5.41) is 0. The summed E-state index contributed by atoms with van der Waals surface area (Å²) in [6.07, 6.45) is 7.57. The number of nitrogens with two attached hydrogens (primary N) is 1. The molecule has 0 spiro atoms. The molecule has 0 aromatic rings. The Balaban J connectivity index is 1.92. The zero-order chi connectivity index (χ0) is 12.0. The summed E-state index contributed by atoms with van der Waals surface area (Å²) in [6, 6.07) is 0. The number of ether oxygens (including phenoxy) is 1.